The van der Waals surface area contributed by atoms with Gasteiger partial charge in [-0.3, -0.25) is 4.90 Å². The first-order valence-corrected chi connectivity index (χ1v) is 11.8. The summed E-state index contributed by atoms with van der Waals surface area (Å²) in [4.78, 5) is 2.31. The van der Waals surface area contributed by atoms with Gasteiger partial charge in [-0.1, -0.05) is 13.8 Å². The molecule has 0 aromatic carbocycles. The lowest BCUT2D eigenvalue weighted by molar-refractivity contribution is -0.322. The second-order valence-corrected chi connectivity index (χ2v) is 11.5. The molecule has 0 unspecified atom stereocenters. The van der Waals surface area contributed by atoms with E-state index in [9.17, 15) is 20.4 Å². The summed E-state index contributed by atoms with van der Waals surface area (Å²) >= 11 is 0. The quantitative estimate of drug-likeness (QED) is 0.506. The molecule has 4 N–H and O–H groups in total. The maximum atomic E-state index is 12.7. The molecular formula is C23H37NO6. The first-order chi connectivity index (χ1) is 14.2. The molecule has 1 aliphatic heterocycles. The molecule has 5 aliphatic carbocycles. The number of fused-ring (bicyclic) bond motifs is 2. The number of methoxy groups -OCH3 is 2. The molecule has 0 amide bonds. The summed E-state index contributed by atoms with van der Waals surface area (Å²) < 4.78 is 12.1. The van der Waals surface area contributed by atoms with Gasteiger partial charge < -0.3 is 29.9 Å². The number of aliphatic hydroxyl groups is 4. The third-order valence-electron chi connectivity index (χ3n) is 11.1. The van der Waals surface area contributed by atoms with Crippen molar-refractivity contribution in [2.75, 3.05) is 27.3 Å². The predicted molar refractivity (Wildman–Crippen MR) is 108 cm³/mol. The van der Waals surface area contributed by atoms with Gasteiger partial charge in [0.25, 0.3) is 0 Å². The van der Waals surface area contributed by atoms with Gasteiger partial charge in [-0.05, 0) is 37.1 Å². The summed E-state index contributed by atoms with van der Waals surface area (Å²) in [6.45, 7) is 5.88. The molecule has 170 valence electrons. The van der Waals surface area contributed by atoms with Crippen molar-refractivity contribution in [3.63, 3.8) is 0 Å². The predicted octanol–water partition coefficient (Wildman–Crippen LogP) is -0.00960. The fourth-order valence-corrected chi connectivity index (χ4v) is 10.5. The lowest BCUT2D eigenvalue weighted by Gasteiger charge is -2.70. The summed E-state index contributed by atoms with van der Waals surface area (Å²) in [5.74, 6) is -0.567. The zero-order valence-corrected chi connectivity index (χ0v) is 18.5. The maximum Gasteiger partial charge on any atom is 0.136 e. The van der Waals surface area contributed by atoms with Gasteiger partial charge in [0.05, 0.1) is 30.5 Å². The van der Waals surface area contributed by atoms with Gasteiger partial charge in [-0.15, -0.1) is 0 Å². The smallest absolute Gasteiger partial charge is 0.136 e. The van der Waals surface area contributed by atoms with Crippen LogP contribution >= 0.6 is 0 Å². The van der Waals surface area contributed by atoms with Crippen LogP contribution in [0, 0.1) is 34.5 Å². The highest BCUT2D eigenvalue weighted by Crippen LogP contribution is 2.80. The minimum absolute atomic E-state index is 0.0194. The molecule has 1 heterocycles. The van der Waals surface area contributed by atoms with E-state index in [1.807, 2.05) is 0 Å². The average molecular weight is 424 g/mol. The molecule has 7 bridgehead atoms. The van der Waals surface area contributed by atoms with Gasteiger partial charge in [-0.25, -0.2) is 0 Å². The molecular weight excluding hydrogens is 386 g/mol. The van der Waals surface area contributed by atoms with E-state index in [-0.39, 0.29) is 41.2 Å². The Kier molecular flexibility index (Phi) is 3.93. The van der Waals surface area contributed by atoms with Crippen molar-refractivity contribution in [2.24, 2.45) is 34.5 Å². The SMILES string of the molecule is CCN1C[C@]2(C)CC[C@H](O)[C@@]34[C@@H]5C[C@H]6[C@H](O)[C@@H]5[C@](OC)(C[C@@H]6OC)[C@](O)([C@H](O)[C@H]23)[C@H]14. The number of aliphatic hydroxyl groups excluding tert-OH is 3. The van der Waals surface area contributed by atoms with E-state index in [2.05, 4.69) is 18.7 Å². The standard InChI is InChI=1S/C23H37NO6/c1-5-24-10-20(2)7-6-14(25)22-12-8-11-13(29-3)9-21(30-4,15(12)16(11)26)23(28,19(22)24)18(27)17(20)22/h11-19,25-28H,5-10H2,1-4H3/t11-,12-,13+,14+,15-,16+,17-,18-,19-,20+,21-,22+,23+/m1/s1. The van der Waals surface area contributed by atoms with Gasteiger partial charge in [-0.2, -0.15) is 0 Å². The zero-order chi connectivity index (χ0) is 21.4. The monoisotopic (exact) mass is 423 g/mol. The van der Waals surface area contributed by atoms with Gasteiger partial charge in [0.1, 0.15) is 11.2 Å². The third kappa shape index (κ3) is 1.71. The van der Waals surface area contributed by atoms with Crippen LogP contribution in [0.5, 0.6) is 0 Å². The lowest BCUT2D eigenvalue weighted by atomic mass is 9.43. The van der Waals surface area contributed by atoms with Crippen LogP contribution in [-0.2, 0) is 9.47 Å². The first-order valence-electron chi connectivity index (χ1n) is 11.8. The number of piperidine rings is 1. The molecule has 13 atom stereocenters. The summed E-state index contributed by atoms with van der Waals surface area (Å²) in [6.07, 6.45) is 0.198. The highest BCUT2D eigenvalue weighted by molar-refractivity contribution is 5.41. The van der Waals surface area contributed by atoms with Gasteiger partial charge in [0.15, 0.2) is 0 Å². The summed E-state index contributed by atoms with van der Waals surface area (Å²) in [5.41, 5.74) is -3.50. The Morgan fingerprint density at radius 1 is 1.17 bits per heavy atom. The number of likely N-dealkylation sites (N-methyl/N-ethyl adjacent to an activating group) is 1. The molecule has 0 radical (unpaired) electrons. The largest absolute Gasteiger partial charge is 0.392 e. The number of ether oxygens (including phenoxy) is 2. The molecule has 0 aromatic rings. The van der Waals surface area contributed by atoms with Crippen molar-refractivity contribution in [1.82, 2.24) is 4.90 Å². The Balaban J connectivity index is 1.68. The summed E-state index contributed by atoms with van der Waals surface area (Å²) in [6, 6.07) is -0.388. The van der Waals surface area contributed by atoms with E-state index in [0.717, 1.165) is 25.9 Å². The number of hydrogen-bond donors (Lipinski definition) is 4. The molecule has 5 saturated carbocycles. The first kappa shape index (κ1) is 20.3. The molecule has 7 nitrogen and oxygen atoms in total. The second kappa shape index (κ2) is 5.79. The minimum Gasteiger partial charge on any atom is -0.392 e. The van der Waals surface area contributed by atoms with E-state index in [4.69, 9.17) is 9.47 Å². The van der Waals surface area contributed by atoms with Gasteiger partial charge in [0.2, 0.25) is 0 Å². The Bertz CT molecular complexity index is 766. The Labute approximate surface area is 178 Å². The van der Waals surface area contributed by atoms with Crippen LogP contribution in [-0.4, -0.2) is 94.3 Å². The molecule has 7 heteroatoms. The normalized spacial score (nSPS) is 65.8. The lowest BCUT2D eigenvalue weighted by Crippen LogP contribution is -2.82. The van der Waals surface area contributed by atoms with Crippen LogP contribution in [0.1, 0.15) is 39.5 Å². The van der Waals surface area contributed by atoms with E-state index in [1.165, 1.54) is 0 Å². The second-order valence-electron chi connectivity index (χ2n) is 11.5. The van der Waals surface area contributed by atoms with Gasteiger partial charge >= 0.3 is 0 Å². The fraction of sp³-hybridized carbons (Fsp3) is 1.00. The van der Waals surface area contributed by atoms with Crippen LogP contribution in [0.4, 0.5) is 0 Å². The van der Waals surface area contributed by atoms with Crippen LogP contribution < -0.4 is 0 Å². The summed E-state index contributed by atoms with van der Waals surface area (Å²) in [5, 5.41) is 47.7. The van der Waals surface area contributed by atoms with Crippen molar-refractivity contribution >= 4 is 0 Å². The van der Waals surface area contributed by atoms with E-state index in [1.54, 1.807) is 14.2 Å². The van der Waals surface area contributed by atoms with Crippen molar-refractivity contribution < 1.29 is 29.9 Å². The van der Waals surface area contributed by atoms with Crippen molar-refractivity contribution in [1.29, 1.82) is 0 Å². The molecule has 1 saturated heterocycles. The maximum absolute atomic E-state index is 12.7. The summed E-state index contributed by atoms with van der Waals surface area (Å²) in [7, 11) is 3.27. The zero-order valence-electron chi connectivity index (χ0n) is 18.5. The fourth-order valence-electron chi connectivity index (χ4n) is 10.5. The number of rotatable bonds is 3. The minimum atomic E-state index is -1.57. The molecule has 0 aromatic heterocycles. The van der Waals surface area contributed by atoms with E-state index < -0.39 is 34.9 Å². The Hall–Kier alpha value is -0.280. The third-order valence-corrected chi connectivity index (χ3v) is 11.1. The highest BCUT2D eigenvalue weighted by atomic mass is 16.5. The van der Waals surface area contributed by atoms with Crippen LogP contribution in [0.25, 0.3) is 0 Å². The van der Waals surface area contributed by atoms with Crippen molar-refractivity contribution in [2.45, 2.75) is 81.2 Å². The van der Waals surface area contributed by atoms with E-state index in [0.29, 0.717) is 12.8 Å². The topological polar surface area (TPSA) is 103 Å². The molecule has 6 fully saturated rings. The molecule has 30 heavy (non-hydrogen) atoms. The van der Waals surface area contributed by atoms with Crippen molar-refractivity contribution in [3.8, 4) is 0 Å². The number of nitrogens with zero attached hydrogens (tertiary/aromatic N) is 1. The van der Waals surface area contributed by atoms with Gasteiger partial charge in [0, 0.05) is 50.4 Å². The average Bonchev–Trinajstić information content (AvgIpc) is 3.07. The molecule has 6 rings (SSSR count). The van der Waals surface area contributed by atoms with Crippen molar-refractivity contribution in [3.05, 3.63) is 0 Å². The van der Waals surface area contributed by atoms with E-state index >= 15 is 0 Å². The molecule has 6 aliphatic rings. The Morgan fingerprint density at radius 3 is 2.53 bits per heavy atom. The number of likely N-dealkylation sites (tertiary alicyclic amines) is 1. The molecule has 1 spiro atoms. The Morgan fingerprint density at radius 2 is 1.90 bits per heavy atom. The van der Waals surface area contributed by atoms with Crippen LogP contribution in [0.3, 0.4) is 0 Å². The van der Waals surface area contributed by atoms with Crippen LogP contribution in [0.2, 0.25) is 0 Å². The van der Waals surface area contributed by atoms with Crippen LogP contribution in [0.15, 0.2) is 0 Å². The highest BCUT2D eigenvalue weighted by Gasteiger charge is 2.90. The number of hydrogen-bond acceptors (Lipinski definition) is 7.